The molecule has 0 aliphatic rings. The van der Waals surface area contributed by atoms with Crippen LogP contribution in [0.15, 0.2) is 48.5 Å². The molecule has 0 amide bonds. The minimum absolute atomic E-state index is 0.347. The molecule has 0 spiro atoms. The van der Waals surface area contributed by atoms with E-state index in [0.717, 1.165) is 0 Å². The highest BCUT2D eigenvalue weighted by atomic mass is 127. The lowest BCUT2D eigenvalue weighted by atomic mass is 9.95. The van der Waals surface area contributed by atoms with E-state index in [1.54, 1.807) is 0 Å². The topological polar surface area (TPSA) is 12.0 Å². The summed E-state index contributed by atoms with van der Waals surface area (Å²) in [5, 5.41) is 3.69. The van der Waals surface area contributed by atoms with Gasteiger partial charge in [-0.2, -0.15) is 0 Å². The molecule has 100 valence electrons. The van der Waals surface area contributed by atoms with Gasteiger partial charge in [-0.1, -0.05) is 44.2 Å². The van der Waals surface area contributed by atoms with Crippen LogP contribution in [0.4, 0.5) is 5.69 Å². The Labute approximate surface area is 129 Å². The minimum atomic E-state index is 0.347. The monoisotopic (exact) mass is 365 g/mol. The molecular weight excluding hydrogens is 345 g/mol. The third-order valence-corrected chi connectivity index (χ3v) is 4.00. The van der Waals surface area contributed by atoms with Gasteiger partial charge in [0.15, 0.2) is 0 Å². The van der Waals surface area contributed by atoms with Crippen LogP contribution in [0.5, 0.6) is 0 Å². The van der Waals surface area contributed by atoms with Crippen molar-refractivity contribution in [2.24, 2.45) is 5.92 Å². The molecule has 0 aromatic heterocycles. The number of anilines is 1. The van der Waals surface area contributed by atoms with Crippen molar-refractivity contribution in [1.82, 2.24) is 0 Å². The Balaban J connectivity index is 2.27. The van der Waals surface area contributed by atoms with Crippen LogP contribution in [0.1, 0.15) is 31.0 Å². The smallest absolute Gasteiger partial charge is 0.0536 e. The Kier molecular flexibility index (Phi) is 4.86. The van der Waals surface area contributed by atoms with Crippen molar-refractivity contribution in [3.63, 3.8) is 0 Å². The molecule has 0 bridgehead atoms. The first-order valence-electron chi connectivity index (χ1n) is 6.65. The molecule has 2 rings (SSSR count). The highest BCUT2D eigenvalue weighted by Gasteiger charge is 2.15. The van der Waals surface area contributed by atoms with E-state index in [-0.39, 0.29) is 0 Å². The summed E-state index contributed by atoms with van der Waals surface area (Å²) in [6.07, 6.45) is 0. The summed E-state index contributed by atoms with van der Waals surface area (Å²) in [5.74, 6) is 0.543. The van der Waals surface area contributed by atoms with Crippen LogP contribution in [0.2, 0.25) is 0 Å². The standard InChI is InChI=1S/C17H20IN/c1-12(2)17(14-7-5-4-6-8-14)19-16-10-9-15(18)11-13(16)3/h4-12,17,19H,1-3H3. The largest absolute Gasteiger partial charge is 0.378 e. The maximum Gasteiger partial charge on any atom is 0.0536 e. The van der Waals surface area contributed by atoms with Crippen LogP contribution >= 0.6 is 22.6 Å². The molecule has 0 aliphatic heterocycles. The minimum Gasteiger partial charge on any atom is -0.378 e. The second-order valence-electron chi connectivity index (χ2n) is 5.24. The van der Waals surface area contributed by atoms with E-state index in [2.05, 4.69) is 97.2 Å². The Bertz CT molecular complexity index is 534. The van der Waals surface area contributed by atoms with Crippen molar-refractivity contribution in [2.45, 2.75) is 26.8 Å². The van der Waals surface area contributed by atoms with E-state index < -0.39 is 0 Å². The number of nitrogens with one attached hydrogen (secondary N) is 1. The van der Waals surface area contributed by atoms with Crippen molar-refractivity contribution < 1.29 is 0 Å². The van der Waals surface area contributed by atoms with Gasteiger partial charge in [-0.05, 0) is 64.8 Å². The van der Waals surface area contributed by atoms with Gasteiger partial charge >= 0.3 is 0 Å². The molecule has 0 heterocycles. The maximum atomic E-state index is 3.69. The lowest BCUT2D eigenvalue weighted by molar-refractivity contribution is 0.546. The van der Waals surface area contributed by atoms with E-state index in [1.165, 1.54) is 20.4 Å². The maximum absolute atomic E-state index is 3.69. The third-order valence-electron chi connectivity index (χ3n) is 3.32. The SMILES string of the molecule is Cc1cc(I)ccc1NC(c1ccccc1)C(C)C. The molecule has 2 aromatic rings. The predicted molar refractivity (Wildman–Crippen MR) is 91.5 cm³/mol. The third kappa shape index (κ3) is 3.72. The molecule has 2 aromatic carbocycles. The van der Waals surface area contributed by atoms with Crippen LogP contribution in [0.25, 0.3) is 0 Å². The van der Waals surface area contributed by atoms with Crippen LogP contribution in [-0.2, 0) is 0 Å². The average Bonchev–Trinajstić information content (AvgIpc) is 2.38. The summed E-state index contributed by atoms with van der Waals surface area (Å²) >= 11 is 2.35. The van der Waals surface area contributed by atoms with Crippen LogP contribution in [-0.4, -0.2) is 0 Å². The van der Waals surface area contributed by atoms with Crippen molar-refractivity contribution in [1.29, 1.82) is 0 Å². The van der Waals surface area contributed by atoms with Gasteiger partial charge in [0, 0.05) is 9.26 Å². The summed E-state index contributed by atoms with van der Waals surface area (Å²) in [4.78, 5) is 0. The van der Waals surface area contributed by atoms with Crippen molar-refractivity contribution in [2.75, 3.05) is 5.32 Å². The van der Waals surface area contributed by atoms with Gasteiger partial charge in [0.05, 0.1) is 6.04 Å². The zero-order valence-corrected chi connectivity index (χ0v) is 13.8. The van der Waals surface area contributed by atoms with E-state index >= 15 is 0 Å². The first-order chi connectivity index (χ1) is 9.08. The number of benzene rings is 2. The highest BCUT2D eigenvalue weighted by molar-refractivity contribution is 14.1. The second-order valence-corrected chi connectivity index (χ2v) is 6.48. The number of aryl methyl sites for hydroxylation is 1. The van der Waals surface area contributed by atoms with E-state index in [9.17, 15) is 0 Å². The van der Waals surface area contributed by atoms with Crippen LogP contribution in [0.3, 0.4) is 0 Å². The fourth-order valence-corrected chi connectivity index (χ4v) is 2.90. The van der Waals surface area contributed by atoms with E-state index in [4.69, 9.17) is 0 Å². The Hall–Kier alpha value is -1.03. The summed E-state index contributed by atoms with van der Waals surface area (Å²) in [5.41, 5.74) is 3.87. The fourth-order valence-electron chi connectivity index (χ4n) is 2.25. The highest BCUT2D eigenvalue weighted by Crippen LogP contribution is 2.28. The Morgan fingerprint density at radius 3 is 2.26 bits per heavy atom. The number of hydrogen-bond acceptors (Lipinski definition) is 1. The Morgan fingerprint density at radius 1 is 1.00 bits per heavy atom. The summed E-state index contributed by atoms with van der Waals surface area (Å²) < 4.78 is 1.28. The molecule has 1 atom stereocenters. The van der Waals surface area contributed by atoms with Crippen LogP contribution < -0.4 is 5.32 Å². The van der Waals surface area contributed by atoms with Crippen molar-refractivity contribution in [3.8, 4) is 0 Å². The molecule has 1 unspecified atom stereocenters. The average molecular weight is 365 g/mol. The van der Waals surface area contributed by atoms with Gasteiger partial charge in [0.2, 0.25) is 0 Å². The van der Waals surface area contributed by atoms with Gasteiger partial charge in [-0.15, -0.1) is 0 Å². The number of halogens is 1. The number of hydrogen-bond donors (Lipinski definition) is 1. The zero-order valence-electron chi connectivity index (χ0n) is 11.7. The molecule has 0 radical (unpaired) electrons. The van der Waals surface area contributed by atoms with Gasteiger partial charge in [0.25, 0.3) is 0 Å². The second kappa shape index (κ2) is 6.42. The number of rotatable bonds is 4. The normalized spacial score (nSPS) is 12.5. The molecule has 2 heteroatoms. The van der Waals surface area contributed by atoms with Crippen molar-refractivity contribution >= 4 is 28.3 Å². The molecule has 0 aliphatic carbocycles. The summed E-state index contributed by atoms with van der Waals surface area (Å²) in [7, 11) is 0. The fraction of sp³-hybridized carbons (Fsp3) is 0.294. The molecule has 1 nitrogen and oxygen atoms in total. The van der Waals surface area contributed by atoms with E-state index in [0.29, 0.717) is 12.0 Å². The predicted octanol–water partition coefficient (Wildman–Crippen LogP) is 5.41. The molecule has 19 heavy (non-hydrogen) atoms. The lowest BCUT2D eigenvalue weighted by Crippen LogP contribution is -2.17. The first-order valence-corrected chi connectivity index (χ1v) is 7.73. The molecule has 0 saturated heterocycles. The van der Waals surface area contributed by atoms with Gasteiger partial charge in [-0.3, -0.25) is 0 Å². The summed E-state index contributed by atoms with van der Waals surface area (Å²) in [6.45, 7) is 6.67. The van der Waals surface area contributed by atoms with Crippen molar-refractivity contribution in [3.05, 3.63) is 63.2 Å². The molecule has 1 N–H and O–H groups in total. The van der Waals surface area contributed by atoms with Gasteiger partial charge < -0.3 is 5.32 Å². The zero-order chi connectivity index (χ0) is 13.8. The summed E-state index contributed by atoms with van der Waals surface area (Å²) in [6, 6.07) is 17.6. The van der Waals surface area contributed by atoms with Crippen LogP contribution in [0, 0.1) is 16.4 Å². The molecule has 0 fully saturated rings. The van der Waals surface area contributed by atoms with E-state index in [1.807, 2.05) is 0 Å². The molecular formula is C17H20IN. The Morgan fingerprint density at radius 2 is 1.68 bits per heavy atom. The van der Waals surface area contributed by atoms with Gasteiger partial charge in [-0.25, -0.2) is 0 Å². The van der Waals surface area contributed by atoms with Gasteiger partial charge in [0.1, 0.15) is 0 Å². The first kappa shape index (κ1) is 14.4. The molecule has 0 saturated carbocycles. The quantitative estimate of drug-likeness (QED) is 0.715. The lowest BCUT2D eigenvalue weighted by Gasteiger charge is -2.25.